The van der Waals surface area contributed by atoms with Crippen LogP contribution in [-0.2, 0) is 0 Å². The van der Waals surface area contributed by atoms with E-state index in [9.17, 15) is 4.79 Å². The van der Waals surface area contributed by atoms with Crippen LogP contribution in [0.2, 0.25) is 0 Å². The molecule has 1 aliphatic rings. The standard InChI is InChI=1S/C24H23N5O3/c1-31-18-7-5-17(6-8-18)26-23-19-9-15-32-21(19)16-20(27-23)24(30)29-13-11-28(12-14-29)22-4-2-3-10-25-22/h2-10,15-16H,11-14H2,1H3,(H,26,27). The Labute approximate surface area is 185 Å². The van der Waals surface area contributed by atoms with Gasteiger partial charge in [-0.3, -0.25) is 4.79 Å². The Hall–Kier alpha value is -4.07. The van der Waals surface area contributed by atoms with Crippen molar-refractivity contribution in [3.63, 3.8) is 0 Å². The number of nitrogens with one attached hydrogen (secondary N) is 1. The van der Waals surface area contributed by atoms with E-state index in [1.807, 2.05) is 53.4 Å². The maximum atomic E-state index is 13.2. The summed E-state index contributed by atoms with van der Waals surface area (Å²) >= 11 is 0. The van der Waals surface area contributed by atoms with Crippen molar-refractivity contribution < 1.29 is 13.9 Å². The highest BCUT2D eigenvalue weighted by Crippen LogP contribution is 2.28. The molecule has 1 N–H and O–H groups in total. The number of carbonyl (C=O) groups excluding carboxylic acids is 1. The summed E-state index contributed by atoms with van der Waals surface area (Å²) in [6.07, 6.45) is 3.39. The third kappa shape index (κ3) is 3.94. The molecule has 0 spiro atoms. The summed E-state index contributed by atoms with van der Waals surface area (Å²) in [6.45, 7) is 2.66. The van der Waals surface area contributed by atoms with Crippen LogP contribution in [0, 0.1) is 0 Å². The number of aromatic nitrogens is 2. The lowest BCUT2D eigenvalue weighted by Gasteiger charge is -2.35. The van der Waals surface area contributed by atoms with E-state index in [0.29, 0.717) is 30.2 Å². The van der Waals surface area contributed by atoms with Crippen LogP contribution in [-0.4, -0.2) is 54.1 Å². The van der Waals surface area contributed by atoms with E-state index in [-0.39, 0.29) is 5.91 Å². The normalized spacial score (nSPS) is 13.9. The molecule has 0 aliphatic carbocycles. The van der Waals surface area contributed by atoms with Gasteiger partial charge in [0, 0.05) is 44.1 Å². The number of fused-ring (bicyclic) bond motifs is 1. The minimum Gasteiger partial charge on any atom is -0.497 e. The molecule has 1 fully saturated rings. The Morgan fingerprint density at radius 1 is 1.06 bits per heavy atom. The molecule has 0 saturated carbocycles. The summed E-state index contributed by atoms with van der Waals surface area (Å²) in [5.41, 5.74) is 1.82. The van der Waals surface area contributed by atoms with Gasteiger partial charge in [0.15, 0.2) is 0 Å². The van der Waals surface area contributed by atoms with Gasteiger partial charge in [-0.15, -0.1) is 0 Å². The quantitative estimate of drug-likeness (QED) is 0.514. The zero-order valence-corrected chi connectivity index (χ0v) is 17.7. The monoisotopic (exact) mass is 429 g/mol. The first-order chi connectivity index (χ1) is 15.7. The number of hydrogen-bond donors (Lipinski definition) is 1. The highest BCUT2D eigenvalue weighted by molar-refractivity contribution is 5.99. The number of furan rings is 1. The third-order valence-corrected chi connectivity index (χ3v) is 5.56. The second-order valence-electron chi connectivity index (χ2n) is 7.51. The van der Waals surface area contributed by atoms with E-state index in [2.05, 4.69) is 20.2 Å². The van der Waals surface area contributed by atoms with Crippen LogP contribution in [0.25, 0.3) is 11.0 Å². The number of ether oxygens (including phenoxy) is 1. The largest absolute Gasteiger partial charge is 0.497 e. The van der Waals surface area contributed by atoms with Crippen molar-refractivity contribution >= 4 is 34.2 Å². The van der Waals surface area contributed by atoms with Gasteiger partial charge in [0.25, 0.3) is 5.91 Å². The predicted molar refractivity (Wildman–Crippen MR) is 123 cm³/mol. The first-order valence-corrected chi connectivity index (χ1v) is 10.5. The number of amides is 1. The van der Waals surface area contributed by atoms with Gasteiger partial charge in [-0.2, -0.15) is 0 Å². The number of pyridine rings is 2. The molecular formula is C24H23N5O3. The molecule has 5 rings (SSSR count). The first-order valence-electron chi connectivity index (χ1n) is 10.5. The molecule has 0 atom stereocenters. The van der Waals surface area contributed by atoms with Gasteiger partial charge in [-0.25, -0.2) is 9.97 Å². The number of hydrogen-bond acceptors (Lipinski definition) is 7. The highest BCUT2D eigenvalue weighted by Gasteiger charge is 2.25. The van der Waals surface area contributed by atoms with Crippen LogP contribution in [0.1, 0.15) is 10.5 Å². The van der Waals surface area contributed by atoms with Gasteiger partial charge in [-0.05, 0) is 42.5 Å². The van der Waals surface area contributed by atoms with E-state index in [1.54, 1.807) is 25.6 Å². The van der Waals surface area contributed by atoms with Crippen LogP contribution in [0.15, 0.2) is 71.5 Å². The maximum absolute atomic E-state index is 13.2. The number of methoxy groups -OCH3 is 1. The van der Waals surface area contributed by atoms with Gasteiger partial charge in [-0.1, -0.05) is 6.07 Å². The number of carbonyl (C=O) groups is 1. The molecule has 4 heterocycles. The number of anilines is 3. The highest BCUT2D eigenvalue weighted by atomic mass is 16.5. The minimum atomic E-state index is -0.109. The molecule has 162 valence electrons. The van der Waals surface area contributed by atoms with Crippen molar-refractivity contribution in [2.45, 2.75) is 0 Å². The minimum absolute atomic E-state index is 0.109. The second-order valence-corrected chi connectivity index (χ2v) is 7.51. The number of nitrogens with zero attached hydrogens (tertiary/aromatic N) is 4. The lowest BCUT2D eigenvalue weighted by atomic mass is 10.2. The van der Waals surface area contributed by atoms with E-state index >= 15 is 0 Å². The predicted octanol–water partition coefficient (Wildman–Crippen LogP) is 3.94. The molecule has 1 amide bonds. The van der Waals surface area contributed by atoms with E-state index in [4.69, 9.17) is 9.15 Å². The summed E-state index contributed by atoms with van der Waals surface area (Å²) in [5.74, 6) is 2.17. The molecular weight excluding hydrogens is 406 g/mol. The van der Waals surface area contributed by atoms with Gasteiger partial charge in [0.1, 0.15) is 28.7 Å². The zero-order valence-electron chi connectivity index (χ0n) is 17.7. The Morgan fingerprint density at radius 2 is 1.88 bits per heavy atom. The molecule has 1 saturated heterocycles. The lowest BCUT2D eigenvalue weighted by Crippen LogP contribution is -2.49. The fraction of sp³-hybridized carbons (Fsp3) is 0.208. The summed E-state index contributed by atoms with van der Waals surface area (Å²) in [5, 5.41) is 4.11. The van der Waals surface area contributed by atoms with E-state index in [1.165, 1.54) is 0 Å². The van der Waals surface area contributed by atoms with E-state index in [0.717, 1.165) is 35.7 Å². The Kier molecular flexibility index (Phi) is 5.33. The fourth-order valence-electron chi connectivity index (χ4n) is 3.82. The Bertz CT molecular complexity index is 1220. The number of rotatable bonds is 5. The van der Waals surface area contributed by atoms with Gasteiger partial charge in [0.2, 0.25) is 0 Å². The molecule has 4 aromatic rings. The molecule has 8 heteroatoms. The van der Waals surface area contributed by atoms with Crippen molar-refractivity contribution in [2.24, 2.45) is 0 Å². The SMILES string of the molecule is COc1ccc(Nc2nc(C(=O)N3CCN(c4ccccn4)CC3)cc3occc23)cc1. The summed E-state index contributed by atoms with van der Waals surface area (Å²) < 4.78 is 10.8. The van der Waals surface area contributed by atoms with E-state index < -0.39 is 0 Å². The third-order valence-electron chi connectivity index (χ3n) is 5.56. The Balaban J connectivity index is 1.35. The smallest absolute Gasteiger partial charge is 0.272 e. The van der Waals surface area contributed by atoms with Gasteiger partial charge in [0.05, 0.1) is 18.8 Å². The molecule has 0 radical (unpaired) electrons. The molecule has 0 bridgehead atoms. The van der Waals surface area contributed by atoms with Crippen LogP contribution in [0.4, 0.5) is 17.3 Å². The molecule has 3 aromatic heterocycles. The van der Waals surface area contributed by atoms with Crippen LogP contribution < -0.4 is 15.0 Å². The van der Waals surface area contributed by atoms with Crippen molar-refractivity contribution in [3.05, 3.63) is 72.8 Å². The van der Waals surface area contributed by atoms with Crippen molar-refractivity contribution in [1.82, 2.24) is 14.9 Å². The topological polar surface area (TPSA) is 83.7 Å². The van der Waals surface area contributed by atoms with Crippen LogP contribution in [0.5, 0.6) is 5.75 Å². The van der Waals surface area contributed by atoms with Crippen LogP contribution in [0.3, 0.4) is 0 Å². The Morgan fingerprint density at radius 3 is 2.59 bits per heavy atom. The number of benzene rings is 1. The first kappa shape index (κ1) is 19.9. The van der Waals surface area contributed by atoms with Crippen molar-refractivity contribution in [2.75, 3.05) is 43.5 Å². The molecule has 32 heavy (non-hydrogen) atoms. The van der Waals surface area contributed by atoms with Gasteiger partial charge >= 0.3 is 0 Å². The average molecular weight is 429 g/mol. The lowest BCUT2D eigenvalue weighted by molar-refractivity contribution is 0.0741. The molecule has 1 aliphatic heterocycles. The summed E-state index contributed by atoms with van der Waals surface area (Å²) in [4.78, 5) is 26.3. The zero-order chi connectivity index (χ0) is 21.9. The van der Waals surface area contributed by atoms with Crippen LogP contribution >= 0.6 is 0 Å². The number of piperazine rings is 1. The molecule has 8 nitrogen and oxygen atoms in total. The molecule has 0 unspecified atom stereocenters. The average Bonchev–Trinajstić information content (AvgIpc) is 3.34. The second kappa shape index (κ2) is 8.58. The van der Waals surface area contributed by atoms with Crippen molar-refractivity contribution in [3.8, 4) is 5.75 Å². The van der Waals surface area contributed by atoms with Crippen molar-refractivity contribution in [1.29, 1.82) is 0 Å². The summed E-state index contributed by atoms with van der Waals surface area (Å²) in [7, 11) is 1.63. The molecule has 1 aromatic carbocycles. The fourth-order valence-corrected chi connectivity index (χ4v) is 3.82. The maximum Gasteiger partial charge on any atom is 0.272 e. The van der Waals surface area contributed by atoms with Gasteiger partial charge < -0.3 is 24.3 Å². The summed E-state index contributed by atoms with van der Waals surface area (Å²) in [6, 6.07) is 16.9.